The molecule has 2 aliphatic heterocycles. The van der Waals surface area contributed by atoms with Crippen LogP contribution in [0.15, 0.2) is 53.4 Å². The number of amides is 1. The number of carbonyl (C=O) groups is 1. The van der Waals surface area contributed by atoms with E-state index in [-0.39, 0.29) is 11.8 Å². The van der Waals surface area contributed by atoms with Gasteiger partial charge in [-0.25, -0.2) is 8.42 Å². The van der Waals surface area contributed by atoms with Crippen molar-refractivity contribution < 1.29 is 22.7 Å². The molecule has 4 rings (SSSR count). The van der Waals surface area contributed by atoms with Crippen molar-refractivity contribution in [3.8, 4) is 11.5 Å². The monoisotopic (exact) mass is 415 g/mol. The van der Waals surface area contributed by atoms with E-state index in [1.165, 1.54) is 0 Å². The quantitative estimate of drug-likeness (QED) is 0.768. The van der Waals surface area contributed by atoms with Crippen LogP contribution in [0.2, 0.25) is 0 Å². The van der Waals surface area contributed by atoms with Gasteiger partial charge in [-0.2, -0.15) is 0 Å². The van der Waals surface area contributed by atoms with Gasteiger partial charge in [0.2, 0.25) is 5.91 Å². The molecular weight excluding hydrogens is 390 g/mol. The molecule has 154 valence electrons. The van der Waals surface area contributed by atoms with E-state index < -0.39 is 15.1 Å². The van der Waals surface area contributed by atoms with Gasteiger partial charge in [0.25, 0.3) is 0 Å². The molecule has 1 saturated heterocycles. The molecule has 0 aromatic heterocycles. The number of benzene rings is 2. The summed E-state index contributed by atoms with van der Waals surface area (Å²) in [6.07, 6.45) is 0.910. The highest BCUT2D eigenvalue weighted by Crippen LogP contribution is 2.34. The summed E-state index contributed by atoms with van der Waals surface area (Å²) < 4.78 is 36.8. The Morgan fingerprint density at radius 1 is 1.00 bits per heavy atom. The van der Waals surface area contributed by atoms with Crippen LogP contribution in [0.3, 0.4) is 0 Å². The summed E-state index contributed by atoms with van der Waals surface area (Å²) in [4.78, 5) is 15.1. The number of carbonyl (C=O) groups excluding carboxylic acids is 1. The van der Waals surface area contributed by atoms with Crippen LogP contribution in [0.1, 0.15) is 31.2 Å². The molecule has 1 amide bonds. The first-order valence-corrected chi connectivity index (χ1v) is 11.5. The average Bonchev–Trinajstić information content (AvgIpc) is 2.78. The van der Waals surface area contributed by atoms with Gasteiger partial charge in [0.1, 0.15) is 13.2 Å². The number of fused-ring (bicyclic) bond motifs is 1. The first-order valence-electron chi connectivity index (χ1n) is 9.94. The maximum Gasteiger partial charge on any atom is 0.229 e. The molecule has 0 bridgehead atoms. The molecule has 1 unspecified atom stereocenters. The molecule has 1 fully saturated rings. The molecule has 1 atom stereocenters. The van der Waals surface area contributed by atoms with E-state index in [2.05, 4.69) is 0 Å². The van der Waals surface area contributed by atoms with Crippen molar-refractivity contribution in [3.63, 3.8) is 0 Å². The van der Waals surface area contributed by atoms with Gasteiger partial charge < -0.3 is 14.4 Å². The lowest BCUT2D eigenvalue weighted by atomic mass is 9.97. The normalized spacial score (nSPS) is 18.3. The summed E-state index contributed by atoms with van der Waals surface area (Å²) in [6.45, 7) is 3.80. The van der Waals surface area contributed by atoms with Gasteiger partial charge in [0, 0.05) is 13.1 Å². The topological polar surface area (TPSA) is 72.9 Å². The maximum atomic E-state index is 13.0. The van der Waals surface area contributed by atoms with Crippen molar-refractivity contribution in [1.29, 1.82) is 0 Å². The molecule has 2 aromatic rings. The van der Waals surface area contributed by atoms with Gasteiger partial charge in [-0.05, 0) is 49.6 Å². The number of sulfone groups is 1. The van der Waals surface area contributed by atoms with Crippen LogP contribution in [-0.4, -0.2) is 50.8 Å². The van der Waals surface area contributed by atoms with Gasteiger partial charge >= 0.3 is 0 Å². The third kappa shape index (κ3) is 3.96. The number of piperidine rings is 1. The molecule has 0 spiro atoms. The summed E-state index contributed by atoms with van der Waals surface area (Å²) >= 11 is 0. The van der Waals surface area contributed by atoms with Gasteiger partial charge in [-0.15, -0.1) is 0 Å². The van der Waals surface area contributed by atoms with Crippen molar-refractivity contribution in [1.82, 2.24) is 4.90 Å². The molecule has 0 aliphatic carbocycles. The zero-order chi connectivity index (χ0) is 20.4. The van der Waals surface area contributed by atoms with Crippen LogP contribution in [-0.2, 0) is 14.6 Å². The lowest BCUT2D eigenvalue weighted by Gasteiger charge is -2.33. The Morgan fingerprint density at radius 3 is 2.34 bits per heavy atom. The Hall–Kier alpha value is -2.54. The van der Waals surface area contributed by atoms with Gasteiger partial charge in [0.15, 0.2) is 21.3 Å². The zero-order valence-electron chi connectivity index (χ0n) is 16.4. The minimum Gasteiger partial charge on any atom is -0.486 e. The lowest BCUT2D eigenvalue weighted by Crippen LogP contribution is -2.44. The third-order valence-corrected chi connectivity index (χ3v) is 7.98. The highest BCUT2D eigenvalue weighted by Gasteiger charge is 2.34. The SMILES string of the molecule is CC(C(=O)N1CCC(S(=O)(=O)c2ccccc2)CC1)c1ccc2c(c1)OCCO2. The Morgan fingerprint density at radius 2 is 1.66 bits per heavy atom. The highest BCUT2D eigenvalue weighted by molar-refractivity contribution is 7.92. The predicted octanol–water partition coefficient (Wildman–Crippen LogP) is 3.03. The first kappa shape index (κ1) is 19.8. The molecule has 0 radical (unpaired) electrons. The Balaban J connectivity index is 1.41. The van der Waals surface area contributed by atoms with E-state index >= 15 is 0 Å². The highest BCUT2D eigenvalue weighted by atomic mass is 32.2. The third-order valence-electron chi connectivity index (χ3n) is 5.70. The van der Waals surface area contributed by atoms with Crippen molar-refractivity contribution >= 4 is 15.7 Å². The fourth-order valence-electron chi connectivity index (χ4n) is 3.93. The smallest absolute Gasteiger partial charge is 0.229 e. The second-order valence-corrected chi connectivity index (χ2v) is 9.74. The largest absolute Gasteiger partial charge is 0.486 e. The maximum absolute atomic E-state index is 13.0. The van der Waals surface area contributed by atoms with E-state index in [1.54, 1.807) is 35.2 Å². The Bertz CT molecular complexity index is 982. The van der Waals surface area contributed by atoms with Crippen LogP contribution >= 0.6 is 0 Å². The zero-order valence-corrected chi connectivity index (χ0v) is 17.2. The minimum atomic E-state index is -3.36. The molecular formula is C22H25NO5S. The summed E-state index contributed by atoms with van der Waals surface area (Å²) in [5, 5.41) is -0.446. The molecule has 29 heavy (non-hydrogen) atoms. The van der Waals surface area contributed by atoms with Crippen molar-refractivity contribution in [3.05, 3.63) is 54.1 Å². The number of nitrogens with zero attached hydrogens (tertiary/aromatic N) is 1. The second-order valence-electron chi connectivity index (χ2n) is 7.51. The van der Waals surface area contributed by atoms with Gasteiger partial charge in [-0.1, -0.05) is 24.3 Å². The molecule has 2 aromatic carbocycles. The molecule has 6 nitrogen and oxygen atoms in total. The van der Waals surface area contributed by atoms with Crippen molar-refractivity contribution in [2.75, 3.05) is 26.3 Å². The Labute approximate surface area is 171 Å². The van der Waals surface area contributed by atoms with Crippen LogP contribution < -0.4 is 9.47 Å². The van der Waals surface area contributed by atoms with Crippen molar-refractivity contribution in [2.45, 2.75) is 35.8 Å². The van der Waals surface area contributed by atoms with Crippen LogP contribution in [0.4, 0.5) is 0 Å². The number of hydrogen-bond donors (Lipinski definition) is 0. The van der Waals surface area contributed by atoms with E-state index in [0.717, 1.165) is 5.56 Å². The van der Waals surface area contributed by atoms with E-state index in [0.29, 0.717) is 55.5 Å². The van der Waals surface area contributed by atoms with E-state index in [1.807, 2.05) is 25.1 Å². The minimum absolute atomic E-state index is 0.0113. The van der Waals surface area contributed by atoms with Gasteiger partial charge in [0.05, 0.1) is 16.1 Å². The van der Waals surface area contributed by atoms with Gasteiger partial charge in [-0.3, -0.25) is 4.79 Å². The Kier molecular flexibility index (Phi) is 5.50. The van der Waals surface area contributed by atoms with Crippen LogP contribution in [0.25, 0.3) is 0 Å². The number of rotatable bonds is 4. The molecule has 2 heterocycles. The number of hydrogen-bond acceptors (Lipinski definition) is 5. The number of likely N-dealkylation sites (tertiary alicyclic amines) is 1. The average molecular weight is 416 g/mol. The number of ether oxygens (including phenoxy) is 2. The standard InChI is InChI=1S/C22H25NO5S/c1-16(17-7-8-20-21(15-17)28-14-13-27-20)22(24)23-11-9-19(10-12-23)29(25,26)18-5-3-2-4-6-18/h2-8,15-16,19H,9-14H2,1H3. The molecule has 0 N–H and O–H groups in total. The molecule has 2 aliphatic rings. The van der Waals surface area contributed by atoms with E-state index in [4.69, 9.17) is 9.47 Å². The summed E-state index contributed by atoms with van der Waals surface area (Å²) in [5.74, 6) is 1.05. The first-order chi connectivity index (χ1) is 14.0. The van der Waals surface area contributed by atoms with E-state index in [9.17, 15) is 13.2 Å². The fourth-order valence-corrected chi connectivity index (χ4v) is 5.69. The van der Waals surface area contributed by atoms with Crippen LogP contribution in [0, 0.1) is 0 Å². The predicted molar refractivity (Wildman–Crippen MR) is 109 cm³/mol. The van der Waals surface area contributed by atoms with Crippen LogP contribution in [0.5, 0.6) is 11.5 Å². The summed E-state index contributed by atoms with van der Waals surface area (Å²) in [6, 6.07) is 14.1. The molecule has 0 saturated carbocycles. The lowest BCUT2D eigenvalue weighted by molar-refractivity contribution is -0.133. The second kappa shape index (κ2) is 8.06. The molecule has 7 heteroatoms. The summed E-state index contributed by atoms with van der Waals surface area (Å²) in [5.41, 5.74) is 0.873. The fraction of sp³-hybridized carbons (Fsp3) is 0.409. The summed E-state index contributed by atoms with van der Waals surface area (Å²) in [7, 11) is -3.36. The van der Waals surface area contributed by atoms with Crippen molar-refractivity contribution in [2.24, 2.45) is 0 Å².